The lowest BCUT2D eigenvalue weighted by atomic mass is 9.84. The molecule has 36 heavy (non-hydrogen) atoms. The number of carbonyl (C=O) groups is 1. The smallest absolute Gasteiger partial charge is 0.411 e. The molecule has 4 N–H and O–H groups in total. The van der Waals surface area contributed by atoms with E-state index >= 15 is 4.39 Å². The molecule has 0 unspecified atom stereocenters. The van der Waals surface area contributed by atoms with Crippen molar-refractivity contribution in [3.8, 4) is 5.75 Å². The first-order valence-corrected chi connectivity index (χ1v) is 11.5. The summed E-state index contributed by atoms with van der Waals surface area (Å²) >= 11 is 0. The minimum atomic E-state index is -4.86. The molecule has 0 spiro atoms. The number of pyridine rings is 1. The van der Waals surface area contributed by atoms with Crippen LogP contribution in [0.1, 0.15) is 52.4 Å². The summed E-state index contributed by atoms with van der Waals surface area (Å²) in [6, 6.07) is 3.23. The van der Waals surface area contributed by atoms with E-state index in [1.807, 2.05) is 0 Å². The highest BCUT2D eigenvalue weighted by Gasteiger charge is 2.33. The highest BCUT2D eigenvalue weighted by molar-refractivity contribution is 5.99. The van der Waals surface area contributed by atoms with Crippen LogP contribution in [0.25, 0.3) is 11.0 Å². The van der Waals surface area contributed by atoms with E-state index in [2.05, 4.69) is 19.9 Å². The zero-order valence-electron chi connectivity index (χ0n) is 19.0. The molecule has 3 aromatic rings. The normalized spacial score (nSPS) is 18.0. The number of alkyl halides is 3. The van der Waals surface area contributed by atoms with Crippen LogP contribution >= 0.6 is 0 Å². The third-order valence-corrected chi connectivity index (χ3v) is 6.87. The van der Waals surface area contributed by atoms with Crippen LogP contribution in [0.2, 0.25) is 0 Å². The van der Waals surface area contributed by atoms with Crippen molar-refractivity contribution >= 4 is 28.3 Å². The van der Waals surface area contributed by atoms with Crippen LogP contribution in [-0.2, 0) is 12.8 Å². The summed E-state index contributed by atoms with van der Waals surface area (Å²) < 4.78 is 56.3. The fraction of sp³-hybridized carbons (Fsp3) is 0.375. The third kappa shape index (κ3) is 4.42. The Morgan fingerprint density at radius 3 is 2.67 bits per heavy atom. The molecule has 1 aliphatic heterocycles. The maximum absolute atomic E-state index is 15.1. The average Bonchev–Trinajstić information content (AvgIpc) is 3.20. The van der Waals surface area contributed by atoms with Gasteiger partial charge in [-0.25, -0.2) is 9.37 Å². The average molecular weight is 505 g/mol. The molecule has 190 valence electrons. The second-order valence-electron chi connectivity index (χ2n) is 9.03. The molecule has 1 aromatic carbocycles. The van der Waals surface area contributed by atoms with Crippen LogP contribution in [0.5, 0.6) is 5.75 Å². The van der Waals surface area contributed by atoms with Gasteiger partial charge in [0.1, 0.15) is 17.2 Å². The van der Waals surface area contributed by atoms with Crippen LogP contribution in [0.15, 0.2) is 29.6 Å². The fourth-order valence-corrected chi connectivity index (χ4v) is 5.20. The summed E-state index contributed by atoms with van der Waals surface area (Å²) in [5.41, 5.74) is 9.40. The van der Waals surface area contributed by atoms with Crippen molar-refractivity contribution in [2.45, 2.75) is 44.4 Å². The minimum Gasteiger partial charge on any atom is -0.411 e. The van der Waals surface area contributed by atoms with E-state index in [0.29, 0.717) is 67.5 Å². The van der Waals surface area contributed by atoms with Crippen molar-refractivity contribution in [2.75, 3.05) is 18.8 Å². The number of halogens is 4. The van der Waals surface area contributed by atoms with Gasteiger partial charge in [0.15, 0.2) is 0 Å². The molecule has 8 nitrogen and oxygen atoms in total. The fourth-order valence-electron chi connectivity index (χ4n) is 5.20. The Labute approximate surface area is 202 Å². The molecule has 1 saturated heterocycles. The molecular weight excluding hydrogens is 482 g/mol. The summed E-state index contributed by atoms with van der Waals surface area (Å²) in [4.78, 5) is 22.1. The summed E-state index contributed by atoms with van der Waals surface area (Å²) in [6.45, 7) is 0.645. The number of aryl methyl sites for hydroxylation is 1. The van der Waals surface area contributed by atoms with Crippen molar-refractivity contribution in [3.05, 3.63) is 52.6 Å². The van der Waals surface area contributed by atoms with E-state index < -0.39 is 23.8 Å². The van der Waals surface area contributed by atoms with Crippen molar-refractivity contribution in [1.82, 2.24) is 14.9 Å². The zero-order chi connectivity index (χ0) is 25.6. The van der Waals surface area contributed by atoms with E-state index in [4.69, 9.17) is 5.73 Å². The number of nitrogens with zero attached hydrogens (tertiary/aromatic N) is 3. The van der Waals surface area contributed by atoms with Gasteiger partial charge in [0.05, 0.1) is 17.5 Å². The number of nitrogen functional groups attached to an aromatic ring is 1. The van der Waals surface area contributed by atoms with Gasteiger partial charge < -0.3 is 25.6 Å². The summed E-state index contributed by atoms with van der Waals surface area (Å²) in [5.74, 6) is -1.51. The molecule has 12 heteroatoms. The SMILES string of the molecule is Nc1cc(OC(F)(F)F)ccc1C(=O)N1CCC(c2c(F)cnc3[nH]c4c(c23)C/C(=N/O)CC4)CC1. The Bertz CT molecular complexity index is 1360. The molecule has 1 aliphatic carbocycles. The summed E-state index contributed by atoms with van der Waals surface area (Å²) in [6.07, 6.45) is -1.03. The van der Waals surface area contributed by atoms with Crippen LogP contribution < -0.4 is 10.5 Å². The van der Waals surface area contributed by atoms with E-state index in [0.717, 1.165) is 23.4 Å². The molecule has 2 aliphatic rings. The maximum Gasteiger partial charge on any atom is 0.573 e. The quantitative estimate of drug-likeness (QED) is 0.209. The van der Waals surface area contributed by atoms with Gasteiger partial charge in [0.25, 0.3) is 5.91 Å². The Balaban J connectivity index is 1.35. The van der Waals surface area contributed by atoms with E-state index in [-0.39, 0.29) is 17.2 Å². The first-order chi connectivity index (χ1) is 17.1. The van der Waals surface area contributed by atoms with Crippen LogP contribution in [0, 0.1) is 5.82 Å². The number of fused-ring (bicyclic) bond motifs is 3. The molecule has 1 fully saturated rings. The molecule has 1 amide bonds. The van der Waals surface area contributed by atoms with Gasteiger partial charge in [-0.15, -0.1) is 13.2 Å². The number of ether oxygens (including phenoxy) is 1. The largest absolute Gasteiger partial charge is 0.573 e. The number of piperidine rings is 1. The monoisotopic (exact) mass is 505 g/mol. The van der Waals surface area contributed by atoms with Gasteiger partial charge in [-0.3, -0.25) is 4.79 Å². The second kappa shape index (κ2) is 8.99. The van der Waals surface area contributed by atoms with Crippen LogP contribution in [0.3, 0.4) is 0 Å². The lowest BCUT2D eigenvalue weighted by Crippen LogP contribution is -2.38. The number of nitrogens with two attached hydrogens (primary N) is 1. The zero-order valence-corrected chi connectivity index (χ0v) is 19.0. The predicted octanol–water partition coefficient (Wildman–Crippen LogP) is 4.52. The van der Waals surface area contributed by atoms with Crippen molar-refractivity contribution < 1.29 is 32.3 Å². The van der Waals surface area contributed by atoms with E-state index in [9.17, 15) is 23.2 Å². The topological polar surface area (TPSA) is 117 Å². The number of hydrogen-bond acceptors (Lipinski definition) is 6. The van der Waals surface area contributed by atoms with E-state index in [1.54, 1.807) is 4.90 Å². The number of anilines is 1. The first kappa shape index (κ1) is 23.9. The lowest BCUT2D eigenvalue weighted by Gasteiger charge is -2.33. The number of nitrogens with one attached hydrogen (secondary N) is 1. The number of benzene rings is 1. The molecule has 0 atom stereocenters. The first-order valence-electron chi connectivity index (χ1n) is 11.5. The predicted molar refractivity (Wildman–Crippen MR) is 123 cm³/mol. The number of oxime groups is 1. The number of aromatic amines is 1. The standard InChI is InChI=1S/C24H23F4N5O3/c25-17-11-30-22-21(16-9-13(32-35)1-4-19(16)31-22)20(17)12-5-7-33(8-6-12)23(34)15-3-2-14(10-18(15)29)36-24(26,27)28/h2-3,10-12,35H,1,4-9,29H2,(H,30,31)/b32-13+. The van der Waals surface area contributed by atoms with Crippen molar-refractivity contribution in [3.63, 3.8) is 0 Å². The number of hydrogen-bond donors (Lipinski definition) is 3. The summed E-state index contributed by atoms with van der Waals surface area (Å²) in [7, 11) is 0. The highest BCUT2D eigenvalue weighted by Crippen LogP contribution is 2.39. The van der Waals surface area contributed by atoms with Crippen molar-refractivity contribution in [2.24, 2.45) is 5.16 Å². The third-order valence-electron chi connectivity index (χ3n) is 6.87. The molecule has 5 rings (SSSR count). The van der Waals surface area contributed by atoms with Crippen molar-refractivity contribution in [1.29, 1.82) is 0 Å². The molecule has 0 bridgehead atoms. The van der Waals surface area contributed by atoms with Gasteiger partial charge in [0.2, 0.25) is 0 Å². The second-order valence-corrected chi connectivity index (χ2v) is 9.03. The molecule has 0 saturated carbocycles. The van der Waals surface area contributed by atoms with Crippen LogP contribution in [-0.4, -0.2) is 51.1 Å². The number of likely N-dealkylation sites (tertiary alicyclic amines) is 1. The van der Waals surface area contributed by atoms with Gasteiger partial charge in [-0.2, -0.15) is 0 Å². The number of aromatic nitrogens is 2. The molecular formula is C24H23F4N5O3. The minimum absolute atomic E-state index is 0.0796. The number of amides is 1. The highest BCUT2D eigenvalue weighted by atomic mass is 19.4. The molecule has 0 radical (unpaired) electrons. The van der Waals surface area contributed by atoms with Gasteiger partial charge in [0, 0.05) is 47.9 Å². The maximum atomic E-state index is 15.1. The number of rotatable bonds is 3. The van der Waals surface area contributed by atoms with Crippen LogP contribution in [0.4, 0.5) is 23.2 Å². The molecule has 2 aromatic heterocycles. The van der Waals surface area contributed by atoms with Gasteiger partial charge in [-0.1, -0.05) is 5.16 Å². The Hall–Kier alpha value is -3.83. The Kier molecular flexibility index (Phi) is 5.97. The molecule has 3 heterocycles. The van der Waals surface area contributed by atoms with Gasteiger partial charge in [-0.05, 0) is 49.3 Å². The summed E-state index contributed by atoms with van der Waals surface area (Å²) in [5, 5.41) is 13.3. The van der Waals surface area contributed by atoms with E-state index in [1.165, 1.54) is 12.3 Å². The number of H-pyrrole nitrogens is 1. The van der Waals surface area contributed by atoms with Gasteiger partial charge >= 0.3 is 6.36 Å². The Morgan fingerprint density at radius 2 is 2.00 bits per heavy atom. The Morgan fingerprint density at radius 1 is 1.25 bits per heavy atom. The number of carbonyl (C=O) groups excluding carboxylic acids is 1. The lowest BCUT2D eigenvalue weighted by molar-refractivity contribution is -0.274.